The molecule has 47 heavy (non-hydrogen) atoms. The number of allylic oxidation sites excluding steroid dienone is 8. The van der Waals surface area contributed by atoms with Crippen molar-refractivity contribution >= 4 is 19.8 Å². The van der Waals surface area contributed by atoms with Crippen LogP contribution in [0, 0.1) is 0 Å². The second-order valence-electron chi connectivity index (χ2n) is 11.6. The van der Waals surface area contributed by atoms with E-state index >= 15 is 0 Å². The molecular weight excluding hydrogens is 621 g/mol. The number of unbranched alkanes of at least 4 members (excludes halogenated alkanes) is 11. The third-order valence-corrected chi connectivity index (χ3v) is 8.07. The normalized spacial score (nSPS) is 14.8. The number of rotatable bonds is 33. The van der Waals surface area contributed by atoms with Gasteiger partial charge in [0.25, 0.3) is 0 Å². The molecule has 0 bridgehead atoms. The lowest BCUT2D eigenvalue weighted by molar-refractivity contribution is -0.154. The number of carbonyl (C=O) groups excluding carboxylic acids is 1. The van der Waals surface area contributed by atoms with Crippen LogP contribution in [-0.4, -0.2) is 60.5 Å². The Morgan fingerprint density at radius 1 is 0.702 bits per heavy atom. The summed E-state index contributed by atoms with van der Waals surface area (Å²) in [6.07, 6.45) is 34.6. The third kappa shape index (κ3) is 32.3. The van der Waals surface area contributed by atoms with Crippen molar-refractivity contribution in [1.82, 2.24) is 0 Å². The van der Waals surface area contributed by atoms with E-state index in [1.165, 1.54) is 44.9 Å². The molecule has 4 N–H and O–H groups in total. The fraction of sp³-hybridized carbons (Fsp3) is 0.722. The number of carboxylic acid groups (broad SMARTS) is 1. The summed E-state index contributed by atoms with van der Waals surface area (Å²) in [6.45, 7) is 3.67. The Hall–Kier alpha value is -2.07. The number of nitrogens with two attached hydrogens (primary N) is 1. The van der Waals surface area contributed by atoms with Gasteiger partial charge in [0.15, 0.2) is 0 Å². The van der Waals surface area contributed by atoms with E-state index in [-0.39, 0.29) is 13.0 Å². The molecule has 0 saturated carbocycles. The van der Waals surface area contributed by atoms with Gasteiger partial charge < -0.3 is 25.2 Å². The summed E-state index contributed by atoms with van der Waals surface area (Å²) in [4.78, 5) is 33.3. The maximum atomic E-state index is 12.5. The van der Waals surface area contributed by atoms with Gasteiger partial charge in [-0.15, -0.1) is 0 Å². The van der Waals surface area contributed by atoms with Gasteiger partial charge in [-0.05, 0) is 51.4 Å². The fourth-order valence-electron chi connectivity index (χ4n) is 4.36. The summed E-state index contributed by atoms with van der Waals surface area (Å²) >= 11 is 0. The molecule has 11 heteroatoms. The predicted molar refractivity (Wildman–Crippen MR) is 189 cm³/mol. The number of phosphoric acid groups is 1. The molecule has 10 nitrogen and oxygen atoms in total. The average Bonchev–Trinajstić information content (AvgIpc) is 3.04. The molecule has 3 unspecified atom stereocenters. The smallest absolute Gasteiger partial charge is 0.472 e. The Balaban J connectivity index is 4.43. The molecule has 272 valence electrons. The Morgan fingerprint density at radius 3 is 1.81 bits per heavy atom. The molecule has 0 aromatic carbocycles. The minimum atomic E-state index is -4.62. The van der Waals surface area contributed by atoms with Crippen molar-refractivity contribution in [2.45, 2.75) is 142 Å². The summed E-state index contributed by atoms with van der Waals surface area (Å²) in [5.41, 5.74) is 5.32. The van der Waals surface area contributed by atoms with Crippen molar-refractivity contribution in [3.63, 3.8) is 0 Å². The van der Waals surface area contributed by atoms with E-state index in [0.29, 0.717) is 13.0 Å². The molecule has 0 aliphatic heterocycles. The zero-order valence-electron chi connectivity index (χ0n) is 29.1. The SMILES string of the molecule is CC/C=C\C/C=C\C/C=C\C/C=C\CCCCC(=O)OC(COCCCCCCCCCCCC)COP(=O)(O)OCC(N)C(=O)O. The molecule has 0 aromatic rings. The van der Waals surface area contributed by atoms with Crippen molar-refractivity contribution in [3.8, 4) is 0 Å². The van der Waals surface area contributed by atoms with Gasteiger partial charge in [0, 0.05) is 13.0 Å². The van der Waals surface area contributed by atoms with Gasteiger partial charge in [-0.2, -0.15) is 0 Å². The van der Waals surface area contributed by atoms with Crippen LogP contribution in [0.1, 0.15) is 129 Å². The van der Waals surface area contributed by atoms with Crippen LogP contribution >= 0.6 is 7.82 Å². The Labute approximate surface area is 284 Å². The molecule has 0 heterocycles. The first-order valence-electron chi connectivity index (χ1n) is 17.7. The van der Waals surface area contributed by atoms with Crippen LogP contribution in [0.2, 0.25) is 0 Å². The zero-order chi connectivity index (χ0) is 34.9. The fourth-order valence-corrected chi connectivity index (χ4v) is 5.13. The lowest BCUT2D eigenvalue weighted by Gasteiger charge is -2.20. The quantitative estimate of drug-likeness (QED) is 0.0264. The average molecular weight is 686 g/mol. The van der Waals surface area contributed by atoms with Gasteiger partial charge in [0.2, 0.25) is 0 Å². The van der Waals surface area contributed by atoms with Gasteiger partial charge in [-0.3, -0.25) is 18.6 Å². The number of hydrogen-bond acceptors (Lipinski definition) is 8. The molecule has 0 aliphatic carbocycles. The highest BCUT2D eigenvalue weighted by molar-refractivity contribution is 7.47. The number of carboxylic acids is 1. The summed E-state index contributed by atoms with van der Waals surface area (Å²) in [7, 11) is -4.62. The second kappa shape index (κ2) is 32.5. The minimum Gasteiger partial charge on any atom is -0.480 e. The van der Waals surface area contributed by atoms with Gasteiger partial charge in [-0.1, -0.05) is 120 Å². The molecule has 0 radical (unpaired) electrons. The number of carbonyl (C=O) groups is 2. The van der Waals surface area contributed by atoms with Crippen LogP contribution in [0.3, 0.4) is 0 Å². The number of esters is 1. The Bertz CT molecular complexity index is 935. The first-order valence-corrected chi connectivity index (χ1v) is 19.2. The van der Waals surface area contributed by atoms with E-state index in [2.05, 4.69) is 67.0 Å². The largest absolute Gasteiger partial charge is 0.480 e. The molecule has 0 amide bonds. The molecule has 0 rings (SSSR count). The summed E-state index contributed by atoms with van der Waals surface area (Å²) in [5.74, 6) is -1.83. The van der Waals surface area contributed by atoms with Crippen LogP contribution in [0.25, 0.3) is 0 Å². The summed E-state index contributed by atoms with van der Waals surface area (Å²) < 4.78 is 33.0. The van der Waals surface area contributed by atoms with Crippen LogP contribution < -0.4 is 5.73 Å². The Morgan fingerprint density at radius 2 is 1.23 bits per heavy atom. The lowest BCUT2D eigenvalue weighted by Crippen LogP contribution is -2.34. The predicted octanol–water partition coefficient (Wildman–Crippen LogP) is 8.75. The molecule has 0 aromatic heterocycles. The summed E-state index contributed by atoms with van der Waals surface area (Å²) in [6, 6.07) is -1.48. The molecule has 0 saturated heterocycles. The van der Waals surface area contributed by atoms with Crippen LogP contribution in [0.4, 0.5) is 0 Å². The van der Waals surface area contributed by atoms with Crippen molar-refractivity contribution in [1.29, 1.82) is 0 Å². The maximum Gasteiger partial charge on any atom is 0.472 e. The molecule has 0 aliphatic rings. The topological polar surface area (TPSA) is 155 Å². The van der Waals surface area contributed by atoms with Crippen LogP contribution in [0.5, 0.6) is 0 Å². The van der Waals surface area contributed by atoms with Crippen LogP contribution in [-0.2, 0) is 32.7 Å². The third-order valence-electron chi connectivity index (χ3n) is 7.12. The molecule has 0 fully saturated rings. The number of aliphatic carboxylic acids is 1. The van der Waals surface area contributed by atoms with Gasteiger partial charge in [0.1, 0.15) is 12.1 Å². The Kier molecular flexibility index (Phi) is 31.0. The van der Waals surface area contributed by atoms with E-state index in [9.17, 15) is 19.0 Å². The zero-order valence-corrected chi connectivity index (χ0v) is 30.0. The van der Waals surface area contributed by atoms with Crippen molar-refractivity contribution < 1.29 is 42.7 Å². The first kappa shape index (κ1) is 44.9. The lowest BCUT2D eigenvalue weighted by atomic mass is 10.1. The van der Waals surface area contributed by atoms with Crippen molar-refractivity contribution in [2.75, 3.05) is 26.4 Å². The standard InChI is InChI=1S/C36H64NO9P/c1-3-5-7-9-11-13-15-16-17-18-19-20-22-24-26-28-35(38)46-33(31-44-47(41,42)45-32-34(37)36(39)40)30-43-29-27-25-23-21-14-12-10-8-6-4-2/h5,7,11,13,16-17,19-20,33-34H,3-4,6,8-10,12,14-15,18,21-32,37H2,1-2H3,(H,39,40)(H,41,42)/b7-5-,13-11-,17-16-,20-19-. The highest BCUT2D eigenvalue weighted by Gasteiger charge is 2.27. The van der Waals surface area contributed by atoms with E-state index < -0.39 is 45.1 Å². The van der Waals surface area contributed by atoms with Gasteiger partial charge in [-0.25, -0.2) is 4.57 Å². The number of hydrogen-bond donors (Lipinski definition) is 3. The monoisotopic (exact) mass is 685 g/mol. The molecule has 3 atom stereocenters. The number of phosphoric ester groups is 1. The second-order valence-corrected chi connectivity index (χ2v) is 13.1. The van der Waals surface area contributed by atoms with E-state index in [0.717, 1.165) is 57.8 Å². The van der Waals surface area contributed by atoms with Crippen molar-refractivity contribution in [2.24, 2.45) is 5.73 Å². The summed E-state index contributed by atoms with van der Waals surface area (Å²) in [5, 5.41) is 8.84. The van der Waals surface area contributed by atoms with Crippen LogP contribution in [0.15, 0.2) is 48.6 Å². The van der Waals surface area contributed by atoms with E-state index in [4.69, 9.17) is 24.8 Å². The number of ether oxygens (including phenoxy) is 2. The highest BCUT2D eigenvalue weighted by atomic mass is 31.2. The molecular formula is C36H64NO9P. The van der Waals surface area contributed by atoms with Gasteiger partial charge in [0.05, 0.1) is 19.8 Å². The first-order chi connectivity index (χ1) is 22.7. The maximum absolute atomic E-state index is 12.5. The van der Waals surface area contributed by atoms with Crippen molar-refractivity contribution in [3.05, 3.63) is 48.6 Å². The molecule has 0 spiro atoms. The minimum absolute atomic E-state index is 0.000237. The highest BCUT2D eigenvalue weighted by Crippen LogP contribution is 2.43. The van der Waals surface area contributed by atoms with Gasteiger partial charge >= 0.3 is 19.8 Å². The van der Waals surface area contributed by atoms with E-state index in [1.54, 1.807) is 0 Å². The van der Waals surface area contributed by atoms with E-state index in [1.807, 2.05) is 0 Å².